The van der Waals surface area contributed by atoms with E-state index in [0.29, 0.717) is 35.4 Å². The summed E-state index contributed by atoms with van der Waals surface area (Å²) in [6, 6.07) is 3.55. The van der Waals surface area contributed by atoms with Crippen LogP contribution in [0.4, 0.5) is 0 Å². The van der Waals surface area contributed by atoms with E-state index in [1.807, 2.05) is 0 Å². The van der Waals surface area contributed by atoms with Crippen LogP contribution in [0.15, 0.2) is 29.4 Å². The zero-order valence-electron chi connectivity index (χ0n) is 11.8. The van der Waals surface area contributed by atoms with Crippen molar-refractivity contribution in [2.45, 2.75) is 36.6 Å². The van der Waals surface area contributed by atoms with E-state index in [4.69, 9.17) is 5.73 Å². The fourth-order valence-corrected chi connectivity index (χ4v) is 4.92. The lowest BCUT2D eigenvalue weighted by molar-refractivity contribution is 0.243. The number of aromatic amines is 1. The lowest BCUT2D eigenvalue weighted by Crippen LogP contribution is -2.44. The highest BCUT2D eigenvalue weighted by atomic mass is 32.2. The second-order valence-corrected chi connectivity index (χ2v) is 7.25. The maximum atomic E-state index is 13.0. The number of hydrogen-bond acceptors (Lipinski definition) is 4. The Balaban J connectivity index is 2.02. The van der Waals surface area contributed by atoms with Crippen molar-refractivity contribution in [3.63, 3.8) is 0 Å². The van der Waals surface area contributed by atoms with Gasteiger partial charge in [-0.25, -0.2) is 13.4 Å². The molecule has 1 saturated heterocycles. The average Bonchev–Trinajstić information content (AvgIpc) is 2.93. The molecule has 2 aromatic heterocycles. The molecule has 1 atom stereocenters. The van der Waals surface area contributed by atoms with Crippen molar-refractivity contribution in [2.75, 3.05) is 13.1 Å². The highest BCUT2D eigenvalue weighted by Crippen LogP contribution is 2.30. The van der Waals surface area contributed by atoms with Crippen molar-refractivity contribution in [1.82, 2.24) is 14.3 Å². The summed E-state index contributed by atoms with van der Waals surface area (Å²) in [6.07, 6.45) is 6.75. The van der Waals surface area contributed by atoms with Gasteiger partial charge in [0.1, 0.15) is 10.5 Å². The largest absolute Gasteiger partial charge is 0.345 e. The average molecular weight is 308 g/mol. The van der Waals surface area contributed by atoms with Crippen LogP contribution in [0.2, 0.25) is 0 Å². The SMILES string of the molecule is NCCC1CCCCN1S(=O)(=O)c1c[nH]c2ncccc12. The zero-order chi connectivity index (χ0) is 14.9. The molecular formula is C14H20N4O2S. The van der Waals surface area contributed by atoms with Gasteiger partial charge in [-0.2, -0.15) is 4.31 Å². The summed E-state index contributed by atoms with van der Waals surface area (Å²) in [5, 5.41) is 0.648. The van der Waals surface area contributed by atoms with Gasteiger partial charge in [0.05, 0.1) is 0 Å². The summed E-state index contributed by atoms with van der Waals surface area (Å²) >= 11 is 0. The molecule has 0 aliphatic carbocycles. The van der Waals surface area contributed by atoms with E-state index in [1.54, 1.807) is 28.8 Å². The quantitative estimate of drug-likeness (QED) is 0.894. The molecular weight excluding hydrogens is 288 g/mol. The fraction of sp³-hybridized carbons (Fsp3) is 0.500. The number of nitrogens with two attached hydrogens (primary N) is 1. The summed E-state index contributed by atoms with van der Waals surface area (Å²) in [4.78, 5) is 7.41. The zero-order valence-corrected chi connectivity index (χ0v) is 12.6. The second kappa shape index (κ2) is 5.75. The molecule has 3 rings (SSSR count). The number of nitrogens with zero attached hydrogens (tertiary/aromatic N) is 2. The molecule has 0 spiro atoms. The molecule has 3 heterocycles. The highest BCUT2D eigenvalue weighted by molar-refractivity contribution is 7.89. The summed E-state index contributed by atoms with van der Waals surface area (Å²) in [5.41, 5.74) is 6.24. The minimum absolute atomic E-state index is 0.00960. The van der Waals surface area contributed by atoms with E-state index in [2.05, 4.69) is 9.97 Å². The number of fused-ring (bicyclic) bond motifs is 1. The number of pyridine rings is 1. The molecule has 0 bridgehead atoms. The van der Waals surface area contributed by atoms with Gasteiger partial charge in [-0.3, -0.25) is 0 Å². The molecule has 0 amide bonds. The first kappa shape index (κ1) is 14.5. The summed E-state index contributed by atoms with van der Waals surface area (Å²) in [7, 11) is -3.51. The first-order valence-electron chi connectivity index (χ1n) is 7.28. The van der Waals surface area contributed by atoms with Crippen molar-refractivity contribution in [3.05, 3.63) is 24.5 Å². The van der Waals surface area contributed by atoms with Gasteiger partial charge >= 0.3 is 0 Å². The first-order valence-corrected chi connectivity index (χ1v) is 8.72. The number of sulfonamides is 1. The minimum atomic E-state index is -3.51. The van der Waals surface area contributed by atoms with Crippen molar-refractivity contribution in [2.24, 2.45) is 5.73 Å². The van der Waals surface area contributed by atoms with Gasteiger partial charge in [-0.15, -0.1) is 0 Å². The number of nitrogens with one attached hydrogen (secondary N) is 1. The van der Waals surface area contributed by atoms with E-state index in [9.17, 15) is 8.42 Å². The fourth-order valence-electron chi connectivity index (χ4n) is 3.04. The molecule has 1 aliphatic rings. The van der Waals surface area contributed by atoms with Gasteiger partial charge in [0.25, 0.3) is 0 Å². The number of piperidine rings is 1. The Hall–Kier alpha value is -1.44. The van der Waals surface area contributed by atoms with Crippen LogP contribution in [-0.2, 0) is 10.0 Å². The Bertz CT molecular complexity index is 723. The molecule has 6 nitrogen and oxygen atoms in total. The number of hydrogen-bond donors (Lipinski definition) is 2. The van der Waals surface area contributed by atoms with E-state index in [0.717, 1.165) is 19.3 Å². The van der Waals surface area contributed by atoms with Crippen LogP contribution in [0.3, 0.4) is 0 Å². The predicted molar refractivity (Wildman–Crippen MR) is 81.3 cm³/mol. The number of H-pyrrole nitrogens is 1. The Morgan fingerprint density at radius 2 is 2.29 bits per heavy atom. The summed E-state index contributed by atoms with van der Waals surface area (Å²) < 4.78 is 27.6. The van der Waals surface area contributed by atoms with Gasteiger partial charge in [-0.05, 0) is 37.9 Å². The van der Waals surface area contributed by atoms with Crippen LogP contribution in [0.5, 0.6) is 0 Å². The lowest BCUT2D eigenvalue weighted by atomic mass is 10.0. The van der Waals surface area contributed by atoms with Crippen molar-refractivity contribution in [1.29, 1.82) is 0 Å². The molecule has 114 valence electrons. The van der Waals surface area contributed by atoms with Crippen molar-refractivity contribution in [3.8, 4) is 0 Å². The molecule has 0 radical (unpaired) electrons. The van der Waals surface area contributed by atoms with Gasteiger partial charge < -0.3 is 10.7 Å². The molecule has 7 heteroatoms. The standard InChI is InChI=1S/C14H20N4O2S/c15-7-6-11-4-1-2-9-18(11)21(19,20)13-10-17-14-12(13)5-3-8-16-14/h3,5,8,10-11H,1-2,4,6-7,9,15H2,(H,16,17). The summed E-state index contributed by atoms with van der Waals surface area (Å²) in [5.74, 6) is 0. The van der Waals surface area contributed by atoms with E-state index in [-0.39, 0.29) is 6.04 Å². The third-order valence-electron chi connectivity index (χ3n) is 4.07. The second-order valence-electron chi connectivity index (χ2n) is 5.40. The molecule has 3 N–H and O–H groups in total. The van der Waals surface area contributed by atoms with Crippen LogP contribution in [0.1, 0.15) is 25.7 Å². The van der Waals surface area contributed by atoms with Gasteiger partial charge in [0, 0.05) is 30.4 Å². The maximum Gasteiger partial charge on any atom is 0.245 e. The smallest absolute Gasteiger partial charge is 0.245 e. The number of aromatic nitrogens is 2. The Morgan fingerprint density at radius 3 is 3.10 bits per heavy atom. The van der Waals surface area contributed by atoms with Gasteiger partial charge in [0.15, 0.2) is 0 Å². The Morgan fingerprint density at radius 1 is 1.43 bits per heavy atom. The molecule has 21 heavy (non-hydrogen) atoms. The van der Waals surface area contributed by atoms with Crippen molar-refractivity contribution < 1.29 is 8.42 Å². The third-order valence-corrected chi connectivity index (χ3v) is 6.06. The first-order chi connectivity index (χ1) is 10.1. The normalized spacial score (nSPS) is 20.9. The molecule has 0 aromatic carbocycles. The van der Waals surface area contributed by atoms with E-state index in [1.165, 1.54) is 0 Å². The maximum absolute atomic E-state index is 13.0. The van der Waals surface area contributed by atoms with Gasteiger partial charge in [0.2, 0.25) is 10.0 Å². The van der Waals surface area contributed by atoms with E-state index < -0.39 is 10.0 Å². The molecule has 0 saturated carbocycles. The molecule has 2 aromatic rings. The van der Waals surface area contributed by atoms with Crippen LogP contribution >= 0.6 is 0 Å². The van der Waals surface area contributed by atoms with Crippen LogP contribution in [0.25, 0.3) is 11.0 Å². The molecule has 1 aliphatic heterocycles. The van der Waals surface area contributed by atoms with Crippen molar-refractivity contribution >= 4 is 21.1 Å². The Labute approximate surface area is 124 Å². The van der Waals surface area contributed by atoms with Gasteiger partial charge in [-0.1, -0.05) is 6.42 Å². The Kier molecular flexibility index (Phi) is 3.97. The topological polar surface area (TPSA) is 92.1 Å². The van der Waals surface area contributed by atoms with Crippen LogP contribution in [-0.4, -0.2) is 41.8 Å². The lowest BCUT2D eigenvalue weighted by Gasteiger charge is -2.34. The van der Waals surface area contributed by atoms with E-state index >= 15 is 0 Å². The third kappa shape index (κ3) is 2.56. The van der Waals surface area contributed by atoms with Crippen LogP contribution in [0, 0.1) is 0 Å². The highest BCUT2D eigenvalue weighted by Gasteiger charge is 2.34. The molecule has 1 fully saturated rings. The monoisotopic (exact) mass is 308 g/mol. The minimum Gasteiger partial charge on any atom is -0.345 e. The van der Waals surface area contributed by atoms with Crippen LogP contribution < -0.4 is 5.73 Å². The predicted octanol–water partition coefficient (Wildman–Crippen LogP) is 1.45. The molecule has 1 unspecified atom stereocenters. The number of rotatable bonds is 4. The summed E-state index contributed by atoms with van der Waals surface area (Å²) in [6.45, 7) is 1.08.